The zero-order chi connectivity index (χ0) is 12.1. The Kier molecular flexibility index (Phi) is 3.40. The van der Waals surface area contributed by atoms with E-state index >= 15 is 0 Å². The zero-order valence-corrected chi connectivity index (χ0v) is 9.63. The number of hydrogen-bond acceptors (Lipinski definition) is 2. The standard InChI is InChI=1S/C14H14N2O/c1-15-13-9-5-6-10-14(13)16(11-17)12-7-3-2-4-8-12/h2-11,15H,1H3. The van der Waals surface area contributed by atoms with E-state index < -0.39 is 0 Å². The fourth-order valence-corrected chi connectivity index (χ4v) is 1.74. The number of rotatable bonds is 4. The van der Waals surface area contributed by atoms with Crippen LogP contribution in [0.15, 0.2) is 54.6 Å². The molecule has 2 aromatic rings. The molecule has 0 aromatic heterocycles. The van der Waals surface area contributed by atoms with E-state index in [1.165, 1.54) is 0 Å². The second-order valence-corrected chi connectivity index (χ2v) is 3.58. The first-order chi connectivity index (χ1) is 8.36. The van der Waals surface area contributed by atoms with E-state index in [-0.39, 0.29) is 0 Å². The summed E-state index contributed by atoms with van der Waals surface area (Å²) in [4.78, 5) is 12.9. The van der Waals surface area contributed by atoms with Crippen LogP contribution >= 0.6 is 0 Å². The molecular weight excluding hydrogens is 212 g/mol. The number of carbonyl (C=O) groups excluding carboxylic acids is 1. The lowest BCUT2D eigenvalue weighted by Crippen LogP contribution is -2.15. The number of nitrogens with one attached hydrogen (secondary N) is 1. The second-order valence-electron chi connectivity index (χ2n) is 3.58. The van der Waals surface area contributed by atoms with Gasteiger partial charge in [0.25, 0.3) is 0 Å². The molecule has 17 heavy (non-hydrogen) atoms. The maximum atomic E-state index is 11.3. The Morgan fingerprint density at radius 1 is 1.00 bits per heavy atom. The van der Waals surface area contributed by atoms with Crippen LogP contribution in [0.3, 0.4) is 0 Å². The van der Waals surface area contributed by atoms with Gasteiger partial charge < -0.3 is 5.32 Å². The molecule has 0 radical (unpaired) electrons. The summed E-state index contributed by atoms with van der Waals surface area (Å²) in [6.45, 7) is 0. The average molecular weight is 226 g/mol. The van der Waals surface area contributed by atoms with Crippen molar-refractivity contribution in [3.05, 3.63) is 54.6 Å². The molecule has 0 saturated heterocycles. The predicted molar refractivity (Wildman–Crippen MR) is 70.6 cm³/mol. The molecule has 0 aliphatic heterocycles. The lowest BCUT2D eigenvalue weighted by atomic mass is 10.2. The zero-order valence-electron chi connectivity index (χ0n) is 9.63. The fraction of sp³-hybridized carbons (Fsp3) is 0.0714. The number of benzene rings is 2. The van der Waals surface area contributed by atoms with Crippen molar-refractivity contribution in [2.75, 3.05) is 17.3 Å². The minimum absolute atomic E-state index is 0.825. The number of nitrogens with zero attached hydrogens (tertiary/aromatic N) is 1. The molecule has 0 unspecified atom stereocenters. The van der Waals surface area contributed by atoms with Gasteiger partial charge in [-0.3, -0.25) is 9.69 Å². The van der Waals surface area contributed by atoms with Crippen molar-refractivity contribution in [2.45, 2.75) is 0 Å². The van der Waals surface area contributed by atoms with Gasteiger partial charge in [0.1, 0.15) is 0 Å². The van der Waals surface area contributed by atoms with Crippen LogP contribution in [0.25, 0.3) is 0 Å². The molecule has 2 aromatic carbocycles. The third-order valence-corrected chi connectivity index (χ3v) is 2.57. The summed E-state index contributed by atoms with van der Waals surface area (Å²) in [6.07, 6.45) is 0.825. The van der Waals surface area contributed by atoms with E-state index in [4.69, 9.17) is 0 Å². The Balaban J connectivity index is 2.46. The highest BCUT2D eigenvalue weighted by Gasteiger charge is 2.10. The molecule has 3 nitrogen and oxygen atoms in total. The van der Waals surface area contributed by atoms with E-state index in [1.54, 1.807) is 4.90 Å². The van der Waals surface area contributed by atoms with Gasteiger partial charge in [-0.2, -0.15) is 0 Å². The summed E-state index contributed by atoms with van der Waals surface area (Å²) < 4.78 is 0. The van der Waals surface area contributed by atoms with Gasteiger partial charge >= 0.3 is 0 Å². The Hall–Kier alpha value is -2.29. The number of hydrogen-bond donors (Lipinski definition) is 1. The molecule has 0 aliphatic rings. The van der Waals surface area contributed by atoms with Crippen LogP contribution in [0, 0.1) is 0 Å². The summed E-state index contributed by atoms with van der Waals surface area (Å²) in [5.41, 5.74) is 2.62. The molecule has 0 heterocycles. The second kappa shape index (κ2) is 5.16. The molecule has 0 bridgehead atoms. The largest absolute Gasteiger partial charge is 0.386 e. The van der Waals surface area contributed by atoms with Crippen LogP contribution in [0.5, 0.6) is 0 Å². The lowest BCUT2D eigenvalue weighted by Gasteiger charge is -2.20. The Bertz CT molecular complexity index is 497. The maximum Gasteiger partial charge on any atom is 0.218 e. The first-order valence-corrected chi connectivity index (χ1v) is 5.43. The van der Waals surface area contributed by atoms with Crippen molar-refractivity contribution in [1.29, 1.82) is 0 Å². The molecule has 0 fully saturated rings. The Morgan fingerprint density at radius 3 is 2.29 bits per heavy atom. The van der Waals surface area contributed by atoms with Crippen molar-refractivity contribution in [3.63, 3.8) is 0 Å². The van der Waals surface area contributed by atoms with Gasteiger partial charge in [0, 0.05) is 12.7 Å². The molecule has 0 spiro atoms. The average Bonchev–Trinajstić information content (AvgIpc) is 2.41. The summed E-state index contributed by atoms with van der Waals surface area (Å²) in [7, 11) is 1.84. The molecule has 1 amide bonds. The van der Waals surface area contributed by atoms with E-state index in [1.807, 2.05) is 61.6 Å². The first-order valence-electron chi connectivity index (χ1n) is 5.43. The van der Waals surface area contributed by atoms with E-state index in [0.717, 1.165) is 23.5 Å². The molecule has 86 valence electrons. The van der Waals surface area contributed by atoms with Gasteiger partial charge in [-0.05, 0) is 24.3 Å². The van der Waals surface area contributed by atoms with Crippen molar-refractivity contribution < 1.29 is 4.79 Å². The van der Waals surface area contributed by atoms with Gasteiger partial charge in [0.15, 0.2) is 0 Å². The maximum absolute atomic E-state index is 11.3. The summed E-state index contributed by atoms with van der Waals surface area (Å²) in [5.74, 6) is 0. The van der Waals surface area contributed by atoms with Crippen molar-refractivity contribution in [1.82, 2.24) is 0 Å². The van der Waals surface area contributed by atoms with Crippen LogP contribution in [0.2, 0.25) is 0 Å². The Labute approximate surface area is 101 Å². The van der Waals surface area contributed by atoms with Gasteiger partial charge in [0.05, 0.1) is 11.4 Å². The molecule has 0 saturated carbocycles. The molecular formula is C14H14N2O. The van der Waals surface area contributed by atoms with E-state index in [0.29, 0.717) is 0 Å². The SMILES string of the molecule is CNc1ccccc1N(C=O)c1ccccc1. The van der Waals surface area contributed by atoms with Crippen LogP contribution in [0.1, 0.15) is 0 Å². The first kappa shape index (κ1) is 11.2. The minimum Gasteiger partial charge on any atom is -0.386 e. The number of para-hydroxylation sites is 3. The minimum atomic E-state index is 0.825. The third-order valence-electron chi connectivity index (χ3n) is 2.57. The monoisotopic (exact) mass is 226 g/mol. The quantitative estimate of drug-likeness (QED) is 0.813. The van der Waals surface area contributed by atoms with Gasteiger partial charge in [-0.15, -0.1) is 0 Å². The van der Waals surface area contributed by atoms with Gasteiger partial charge in [-0.1, -0.05) is 30.3 Å². The van der Waals surface area contributed by atoms with Crippen LogP contribution < -0.4 is 10.2 Å². The topological polar surface area (TPSA) is 32.3 Å². The molecule has 1 N–H and O–H groups in total. The molecule has 0 aliphatic carbocycles. The number of carbonyl (C=O) groups is 1. The van der Waals surface area contributed by atoms with Crippen molar-refractivity contribution in [3.8, 4) is 0 Å². The van der Waals surface area contributed by atoms with Gasteiger partial charge in [-0.25, -0.2) is 0 Å². The normalized spacial score (nSPS) is 9.71. The van der Waals surface area contributed by atoms with Crippen LogP contribution in [-0.2, 0) is 4.79 Å². The summed E-state index contributed by atoms with van der Waals surface area (Å²) in [6, 6.07) is 17.3. The summed E-state index contributed by atoms with van der Waals surface area (Å²) in [5, 5.41) is 3.08. The van der Waals surface area contributed by atoms with E-state index in [9.17, 15) is 4.79 Å². The van der Waals surface area contributed by atoms with Crippen LogP contribution in [0.4, 0.5) is 17.1 Å². The molecule has 2 rings (SSSR count). The molecule has 0 atom stereocenters. The highest BCUT2D eigenvalue weighted by molar-refractivity contribution is 5.91. The van der Waals surface area contributed by atoms with Crippen LogP contribution in [-0.4, -0.2) is 13.5 Å². The summed E-state index contributed by atoms with van der Waals surface area (Å²) >= 11 is 0. The highest BCUT2D eigenvalue weighted by atomic mass is 16.1. The van der Waals surface area contributed by atoms with Gasteiger partial charge in [0.2, 0.25) is 6.41 Å². The fourth-order valence-electron chi connectivity index (χ4n) is 1.74. The van der Waals surface area contributed by atoms with Crippen molar-refractivity contribution in [2.24, 2.45) is 0 Å². The molecule has 3 heteroatoms. The number of amides is 1. The highest BCUT2D eigenvalue weighted by Crippen LogP contribution is 2.30. The predicted octanol–water partition coefficient (Wildman–Crippen LogP) is 3.02. The third kappa shape index (κ3) is 2.28. The lowest BCUT2D eigenvalue weighted by molar-refractivity contribution is -0.106. The smallest absolute Gasteiger partial charge is 0.218 e. The van der Waals surface area contributed by atoms with E-state index in [2.05, 4.69) is 5.32 Å². The number of anilines is 3. The van der Waals surface area contributed by atoms with Crippen molar-refractivity contribution >= 4 is 23.5 Å². The Morgan fingerprint density at radius 2 is 1.65 bits per heavy atom.